The molecule has 6 N–H and O–H groups in total. The van der Waals surface area contributed by atoms with Crippen molar-refractivity contribution in [2.24, 2.45) is 17.6 Å². The number of likely N-dealkylation sites (tertiary alicyclic amines) is 1. The van der Waals surface area contributed by atoms with Gasteiger partial charge >= 0.3 is 0 Å². The summed E-state index contributed by atoms with van der Waals surface area (Å²) < 4.78 is 0. The molecule has 1 fully saturated rings. The lowest BCUT2D eigenvalue weighted by Crippen LogP contribution is -2.44. The summed E-state index contributed by atoms with van der Waals surface area (Å²) in [5.74, 6) is -2.02. The molecule has 1 aliphatic heterocycles. The van der Waals surface area contributed by atoms with E-state index < -0.39 is 17.9 Å². The second kappa shape index (κ2) is 13.3. The van der Waals surface area contributed by atoms with Crippen LogP contribution in [0.25, 0.3) is 10.9 Å². The highest BCUT2D eigenvalue weighted by atomic mass is 16.2. The Morgan fingerprint density at radius 2 is 1.59 bits per heavy atom. The van der Waals surface area contributed by atoms with Gasteiger partial charge in [-0.05, 0) is 36.5 Å². The van der Waals surface area contributed by atoms with Crippen molar-refractivity contribution in [3.05, 3.63) is 90.1 Å². The molecule has 41 heavy (non-hydrogen) atoms. The van der Waals surface area contributed by atoms with Crippen molar-refractivity contribution in [1.82, 2.24) is 30.5 Å². The van der Waals surface area contributed by atoms with Crippen LogP contribution in [-0.2, 0) is 33.6 Å². The maximum absolute atomic E-state index is 13.4. The van der Waals surface area contributed by atoms with Crippen molar-refractivity contribution in [1.29, 1.82) is 0 Å². The van der Waals surface area contributed by atoms with E-state index in [-0.39, 0.29) is 30.8 Å². The third kappa shape index (κ3) is 7.01. The Morgan fingerprint density at radius 1 is 0.902 bits per heavy atom. The molecule has 10 nitrogen and oxygen atoms in total. The maximum Gasteiger partial charge on any atom is 0.239 e. The van der Waals surface area contributed by atoms with Crippen LogP contribution < -0.4 is 16.4 Å². The van der Waals surface area contributed by atoms with Crippen LogP contribution in [0.1, 0.15) is 23.2 Å². The number of rotatable bonds is 12. The van der Waals surface area contributed by atoms with Crippen LogP contribution in [0.3, 0.4) is 0 Å². The van der Waals surface area contributed by atoms with Crippen molar-refractivity contribution in [2.45, 2.75) is 31.7 Å². The minimum Gasteiger partial charge on any atom is -0.361 e. The first kappa shape index (κ1) is 28.1. The first-order valence-corrected chi connectivity index (χ1v) is 14.2. The van der Waals surface area contributed by atoms with E-state index in [4.69, 9.17) is 5.73 Å². The van der Waals surface area contributed by atoms with E-state index in [0.717, 1.165) is 27.7 Å². The lowest BCUT2D eigenvalue weighted by molar-refractivity contribution is -0.132. The number of para-hydroxylation sites is 1. The monoisotopic (exact) mass is 555 g/mol. The molecular formula is C31H37N7O3. The number of aryl methyl sites for hydroxylation is 1. The number of aromatic amines is 2. The van der Waals surface area contributed by atoms with Crippen molar-refractivity contribution < 1.29 is 14.4 Å². The van der Waals surface area contributed by atoms with Crippen LogP contribution in [0.4, 0.5) is 0 Å². The minimum absolute atomic E-state index is 0.161. The topological polar surface area (TPSA) is 149 Å². The highest BCUT2D eigenvalue weighted by molar-refractivity contribution is 5.91. The molecule has 1 saturated heterocycles. The van der Waals surface area contributed by atoms with Gasteiger partial charge in [0.15, 0.2) is 0 Å². The summed E-state index contributed by atoms with van der Waals surface area (Å²) in [6.45, 7) is 1.15. The van der Waals surface area contributed by atoms with Gasteiger partial charge in [0.2, 0.25) is 17.7 Å². The number of fused-ring (bicyclic) bond motifs is 1. The first-order chi connectivity index (χ1) is 20.0. The van der Waals surface area contributed by atoms with E-state index in [9.17, 15) is 14.4 Å². The third-order valence-electron chi connectivity index (χ3n) is 7.83. The Hall–Kier alpha value is -4.44. The molecular weight excluding hydrogens is 518 g/mol. The summed E-state index contributed by atoms with van der Waals surface area (Å²) in [6, 6.07) is 17.2. The summed E-state index contributed by atoms with van der Waals surface area (Å²) in [6.07, 6.45) is 7.67. The number of hydrogen-bond acceptors (Lipinski definition) is 5. The second-order valence-electron chi connectivity index (χ2n) is 10.6. The van der Waals surface area contributed by atoms with Crippen LogP contribution in [0, 0.1) is 11.8 Å². The lowest BCUT2D eigenvalue weighted by Gasteiger charge is -2.21. The highest BCUT2D eigenvalue weighted by Crippen LogP contribution is 2.25. The SMILES string of the molecule is N[C@@H](CCc1ccccc1)C(=O)N1C[C@@H](C(=O)NCCc2cnc[nH]2)[C@H](C(=O)NCCc2c[nH]c3ccccc23)C1. The zero-order valence-electron chi connectivity index (χ0n) is 23.0. The van der Waals surface area contributed by atoms with Gasteiger partial charge in [-0.25, -0.2) is 4.98 Å². The van der Waals surface area contributed by atoms with Crippen molar-refractivity contribution in [2.75, 3.05) is 26.2 Å². The van der Waals surface area contributed by atoms with E-state index in [1.54, 1.807) is 17.4 Å². The van der Waals surface area contributed by atoms with Crippen molar-refractivity contribution in [3.8, 4) is 0 Å². The summed E-state index contributed by atoms with van der Waals surface area (Å²) >= 11 is 0. The summed E-state index contributed by atoms with van der Waals surface area (Å²) in [7, 11) is 0. The molecule has 0 unspecified atom stereocenters. The molecule has 0 radical (unpaired) electrons. The second-order valence-corrected chi connectivity index (χ2v) is 10.6. The summed E-state index contributed by atoms with van der Waals surface area (Å²) in [4.78, 5) is 51.8. The highest BCUT2D eigenvalue weighted by Gasteiger charge is 2.44. The Kier molecular flexibility index (Phi) is 9.10. The van der Waals surface area contributed by atoms with Gasteiger partial charge in [-0.15, -0.1) is 0 Å². The maximum atomic E-state index is 13.4. The molecule has 0 saturated carbocycles. The first-order valence-electron chi connectivity index (χ1n) is 14.2. The Bertz CT molecular complexity index is 1450. The molecule has 2 aromatic carbocycles. The summed E-state index contributed by atoms with van der Waals surface area (Å²) in [5.41, 5.74) is 10.5. The van der Waals surface area contributed by atoms with Crippen LogP contribution >= 0.6 is 0 Å². The van der Waals surface area contributed by atoms with Gasteiger partial charge in [0, 0.05) is 61.6 Å². The number of amides is 3. The fourth-order valence-corrected chi connectivity index (χ4v) is 5.50. The minimum atomic E-state index is -0.706. The fraction of sp³-hybridized carbons (Fsp3) is 0.355. The van der Waals surface area contributed by atoms with Crippen LogP contribution in [0.15, 0.2) is 73.3 Å². The standard InChI is InChI=1S/C31H37N7O3/c32-27(11-10-21-6-2-1-3-7-21)31(41)38-18-25(26(19-38)30(40)35-15-13-23-17-33-20-37-23)29(39)34-14-12-22-16-36-28-9-5-4-8-24(22)28/h1-9,16-17,20,25-27,36H,10-15,18-19,32H2,(H,33,37)(H,34,39)(H,35,40)/t25-,26-,27+/m1/s1. The number of imidazole rings is 1. The Labute approximate surface area is 239 Å². The largest absolute Gasteiger partial charge is 0.361 e. The van der Waals surface area contributed by atoms with Gasteiger partial charge in [-0.1, -0.05) is 48.5 Å². The van der Waals surface area contributed by atoms with Crippen LogP contribution in [0.5, 0.6) is 0 Å². The zero-order valence-corrected chi connectivity index (χ0v) is 23.0. The van der Waals surface area contributed by atoms with Gasteiger partial charge in [0.25, 0.3) is 0 Å². The smallest absolute Gasteiger partial charge is 0.239 e. The molecule has 3 heterocycles. The quantitative estimate of drug-likeness (QED) is 0.181. The average Bonchev–Trinajstić information content (AvgIpc) is 3.76. The van der Waals surface area contributed by atoms with Crippen LogP contribution in [-0.4, -0.2) is 69.8 Å². The lowest BCUT2D eigenvalue weighted by atomic mass is 9.94. The van der Waals surface area contributed by atoms with Crippen molar-refractivity contribution >= 4 is 28.6 Å². The number of benzene rings is 2. The fourth-order valence-electron chi connectivity index (χ4n) is 5.50. The molecule has 2 aromatic heterocycles. The van der Waals surface area contributed by atoms with Gasteiger partial charge in [-0.3, -0.25) is 14.4 Å². The molecule has 10 heteroatoms. The van der Waals surface area contributed by atoms with Gasteiger partial charge < -0.3 is 31.2 Å². The number of carbonyl (C=O) groups excluding carboxylic acids is 3. The van der Waals surface area contributed by atoms with Crippen molar-refractivity contribution in [3.63, 3.8) is 0 Å². The van der Waals surface area contributed by atoms with E-state index >= 15 is 0 Å². The molecule has 0 bridgehead atoms. The number of aromatic nitrogens is 3. The predicted molar refractivity (Wildman–Crippen MR) is 157 cm³/mol. The Morgan fingerprint density at radius 3 is 2.29 bits per heavy atom. The van der Waals surface area contributed by atoms with E-state index in [2.05, 4.69) is 25.6 Å². The molecule has 4 aromatic rings. The van der Waals surface area contributed by atoms with E-state index in [0.29, 0.717) is 38.8 Å². The number of nitrogens with zero attached hydrogens (tertiary/aromatic N) is 2. The molecule has 3 amide bonds. The van der Waals surface area contributed by atoms with E-state index in [1.807, 2.05) is 60.8 Å². The molecule has 214 valence electrons. The predicted octanol–water partition coefficient (Wildman–Crippen LogP) is 1.94. The molecule has 0 aliphatic carbocycles. The Balaban J connectivity index is 1.20. The molecule has 0 spiro atoms. The number of nitrogens with two attached hydrogens (primary N) is 1. The molecule has 5 rings (SSSR count). The summed E-state index contributed by atoms with van der Waals surface area (Å²) in [5, 5.41) is 7.08. The zero-order chi connectivity index (χ0) is 28.6. The number of nitrogens with one attached hydrogen (secondary N) is 4. The van der Waals surface area contributed by atoms with Crippen LogP contribution in [0.2, 0.25) is 0 Å². The van der Waals surface area contributed by atoms with Gasteiger partial charge in [0.05, 0.1) is 24.2 Å². The third-order valence-corrected chi connectivity index (χ3v) is 7.83. The molecule has 3 atom stereocenters. The normalized spacial score (nSPS) is 17.4. The van der Waals surface area contributed by atoms with E-state index in [1.165, 1.54) is 0 Å². The number of hydrogen-bond donors (Lipinski definition) is 5. The number of carbonyl (C=O) groups is 3. The van der Waals surface area contributed by atoms with Gasteiger partial charge in [0.1, 0.15) is 0 Å². The average molecular weight is 556 g/mol. The molecule has 1 aliphatic rings. The van der Waals surface area contributed by atoms with Gasteiger partial charge in [-0.2, -0.15) is 0 Å². The number of H-pyrrole nitrogens is 2.